The average molecular weight is 328 g/mol. The summed E-state index contributed by atoms with van der Waals surface area (Å²) in [4.78, 5) is 14.5. The molecule has 2 aromatic rings. The minimum Gasteiger partial charge on any atom is -0.481 e. The zero-order valence-corrected chi connectivity index (χ0v) is 14.0. The third kappa shape index (κ3) is 4.46. The van der Waals surface area contributed by atoms with E-state index in [0.717, 1.165) is 43.6 Å². The molecule has 1 amide bonds. The number of fused-ring (bicyclic) bond motifs is 1. The van der Waals surface area contributed by atoms with Gasteiger partial charge < -0.3 is 14.8 Å². The Morgan fingerprint density at radius 1 is 1.21 bits per heavy atom. The molecule has 1 aliphatic heterocycles. The maximum Gasteiger partial charge on any atom is 0.260 e. The van der Waals surface area contributed by atoms with Crippen LogP contribution >= 0.6 is 0 Å². The molecule has 24 heavy (non-hydrogen) atoms. The summed E-state index contributed by atoms with van der Waals surface area (Å²) >= 11 is 0. The van der Waals surface area contributed by atoms with E-state index in [1.54, 1.807) is 6.92 Å². The Bertz CT molecular complexity index is 683. The molecule has 1 saturated heterocycles. The molecule has 0 aliphatic carbocycles. The predicted molar refractivity (Wildman–Crippen MR) is 94.3 cm³/mol. The van der Waals surface area contributed by atoms with Crippen LogP contribution in [-0.2, 0) is 9.53 Å². The molecule has 1 heterocycles. The van der Waals surface area contributed by atoms with E-state index in [4.69, 9.17) is 9.47 Å². The number of carbonyl (C=O) groups is 1. The third-order valence-corrected chi connectivity index (χ3v) is 4.23. The average Bonchev–Trinajstić information content (AvgIpc) is 2.62. The number of amides is 1. The molecule has 0 bridgehead atoms. The van der Waals surface area contributed by atoms with E-state index >= 15 is 0 Å². The minimum atomic E-state index is -0.518. The highest BCUT2D eigenvalue weighted by Gasteiger charge is 2.15. The lowest BCUT2D eigenvalue weighted by atomic mass is 10.1. The number of nitrogens with zero attached hydrogens (tertiary/aromatic N) is 1. The van der Waals surface area contributed by atoms with Crippen LogP contribution in [0.15, 0.2) is 42.5 Å². The summed E-state index contributed by atoms with van der Waals surface area (Å²) in [5, 5.41) is 5.21. The Morgan fingerprint density at radius 2 is 1.96 bits per heavy atom. The normalized spacial score (nSPS) is 16.7. The van der Waals surface area contributed by atoms with Crippen LogP contribution in [0.5, 0.6) is 5.75 Å². The Labute approximate surface area is 142 Å². The largest absolute Gasteiger partial charge is 0.481 e. The number of hydrogen-bond donors (Lipinski definition) is 1. The number of carbonyl (C=O) groups excluding carboxylic acids is 1. The SMILES string of the molecule is C[C@H](Oc1ccc2ccccc2c1)C(=O)NCCN1CCOCC1. The van der Waals surface area contributed by atoms with Crippen LogP contribution in [-0.4, -0.2) is 56.3 Å². The van der Waals surface area contributed by atoms with Gasteiger partial charge in [-0.3, -0.25) is 9.69 Å². The van der Waals surface area contributed by atoms with Crippen LogP contribution in [0.25, 0.3) is 10.8 Å². The molecule has 3 rings (SSSR count). The summed E-state index contributed by atoms with van der Waals surface area (Å²) in [5.41, 5.74) is 0. The molecular weight excluding hydrogens is 304 g/mol. The fourth-order valence-corrected chi connectivity index (χ4v) is 2.80. The van der Waals surface area contributed by atoms with Crippen molar-refractivity contribution in [2.45, 2.75) is 13.0 Å². The molecule has 1 N–H and O–H groups in total. The molecule has 128 valence electrons. The Kier molecular flexibility index (Phi) is 5.67. The maximum absolute atomic E-state index is 12.2. The van der Waals surface area contributed by atoms with Crippen molar-refractivity contribution >= 4 is 16.7 Å². The second-order valence-electron chi connectivity index (χ2n) is 6.01. The minimum absolute atomic E-state index is 0.0866. The van der Waals surface area contributed by atoms with E-state index in [9.17, 15) is 4.79 Å². The van der Waals surface area contributed by atoms with Gasteiger partial charge in [-0.15, -0.1) is 0 Å². The van der Waals surface area contributed by atoms with Crippen molar-refractivity contribution in [3.05, 3.63) is 42.5 Å². The fourth-order valence-electron chi connectivity index (χ4n) is 2.80. The maximum atomic E-state index is 12.2. The summed E-state index contributed by atoms with van der Waals surface area (Å²) in [7, 11) is 0. The van der Waals surface area contributed by atoms with E-state index in [2.05, 4.69) is 16.3 Å². The van der Waals surface area contributed by atoms with Crippen LogP contribution in [0.1, 0.15) is 6.92 Å². The fraction of sp³-hybridized carbons (Fsp3) is 0.421. The van der Waals surface area contributed by atoms with Gasteiger partial charge in [-0.1, -0.05) is 30.3 Å². The van der Waals surface area contributed by atoms with Crippen LogP contribution in [0.2, 0.25) is 0 Å². The molecular formula is C19H24N2O3. The highest BCUT2D eigenvalue weighted by Crippen LogP contribution is 2.21. The van der Waals surface area contributed by atoms with E-state index in [0.29, 0.717) is 12.3 Å². The Balaban J connectivity index is 1.47. The zero-order valence-electron chi connectivity index (χ0n) is 14.0. The molecule has 0 saturated carbocycles. The second kappa shape index (κ2) is 8.13. The smallest absolute Gasteiger partial charge is 0.260 e. The van der Waals surface area contributed by atoms with E-state index in [-0.39, 0.29) is 5.91 Å². The van der Waals surface area contributed by atoms with Crippen molar-refractivity contribution in [1.82, 2.24) is 10.2 Å². The molecule has 1 atom stereocenters. The monoisotopic (exact) mass is 328 g/mol. The predicted octanol–water partition coefficient (Wildman–Crippen LogP) is 2.06. The third-order valence-electron chi connectivity index (χ3n) is 4.23. The van der Waals surface area contributed by atoms with Crippen molar-refractivity contribution < 1.29 is 14.3 Å². The van der Waals surface area contributed by atoms with Gasteiger partial charge >= 0.3 is 0 Å². The van der Waals surface area contributed by atoms with E-state index in [1.807, 2.05) is 36.4 Å². The molecule has 1 aliphatic rings. The molecule has 0 aromatic heterocycles. The number of nitrogens with one attached hydrogen (secondary N) is 1. The quantitative estimate of drug-likeness (QED) is 0.882. The first-order valence-electron chi connectivity index (χ1n) is 8.45. The first-order valence-corrected chi connectivity index (χ1v) is 8.45. The topological polar surface area (TPSA) is 50.8 Å². The summed E-state index contributed by atoms with van der Waals surface area (Å²) in [6.45, 7) is 6.66. The number of ether oxygens (including phenoxy) is 2. The van der Waals surface area contributed by atoms with Gasteiger partial charge in [0.15, 0.2) is 6.10 Å². The van der Waals surface area contributed by atoms with Crippen molar-refractivity contribution in [2.75, 3.05) is 39.4 Å². The highest BCUT2D eigenvalue weighted by atomic mass is 16.5. The zero-order chi connectivity index (χ0) is 16.8. The number of hydrogen-bond acceptors (Lipinski definition) is 4. The van der Waals surface area contributed by atoms with E-state index < -0.39 is 6.10 Å². The lowest BCUT2D eigenvalue weighted by molar-refractivity contribution is -0.127. The molecule has 0 radical (unpaired) electrons. The number of rotatable bonds is 6. The molecule has 0 spiro atoms. The number of morpholine rings is 1. The summed E-state index contributed by atoms with van der Waals surface area (Å²) in [5.74, 6) is 0.626. The van der Waals surface area contributed by atoms with Gasteiger partial charge in [-0.2, -0.15) is 0 Å². The van der Waals surface area contributed by atoms with Gasteiger partial charge in [-0.25, -0.2) is 0 Å². The van der Waals surface area contributed by atoms with Crippen LogP contribution in [0.3, 0.4) is 0 Å². The van der Waals surface area contributed by atoms with Crippen LogP contribution in [0.4, 0.5) is 0 Å². The van der Waals surface area contributed by atoms with Gasteiger partial charge in [-0.05, 0) is 29.8 Å². The molecule has 0 unspecified atom stereocenters. The van der Waals surface area contributed by atoms with Crippen LogP contribution in [0, 0.1) is 0 Å². The van der Waals surface area contributed by atoms with Gasteiger partial charge in [0.1, 0.15) is 5.75 Å². The Morgan fingerprint density at radius 3 is 2.75 bits per heavy atom. The number of benzene rings is 2. The molecule has 5 nitrogen and oxygen atoms in total. The first-order chi connectivity index (χ1) is 11.7. The van der Waals surface area contributed by atoms with Gasteiger partial charge in [0, 0.05) is 26.2 Å². The lowest BCUT2D eigenvalue weighted by Crippen LogP contribution is -2.43. The molecule has 2 aromatic carbocycles. The van der Waals surface area contributed by atoms with Gasteiger partial charge in [0.2, 0.25) is 0 Å². The molecule has 1 fully saturated rings. The van der Waals surface area contributed by atoms with Crippen molar-refractivity contribution in [1.29, 1.82) is 0 Å². The van der Waals surface area contributed by atoms with Crippen molar-refractivity contribution in [2.24, 2.45) is 0 Å². The van der Waals surface area contributed by atoms with Gasteiger partial charge in [0.05, 0.1) is 13.2 Å². The second-order valence-corrected chi connectivity index (χ2v) is 6.01. The highest BCUT2D eigenvalue weighted by molar-refractivity contribution is 5.84. The van der Waals surface area contributed by atoms with E-state index in [1.165, 1.54) is 0 Å². The van der Waals surface area contributed by atoms with Crippen molar-refractivity contribution in [3.8, 4) is 5.75 Å². The lowest BCUT2D eigenvalue weighted by Gasteiger charge is -2.26. The summed E-state index contributed by atoms with van der Waals surface area (Å²) in [6, 6.07) is 14.0. The standard InChI is InChI=1S/C19H24N2O3/c1-15(19(22)20-8-9-21-10-12-23-13-11-21)24-18-7-6-16-4-2-3-5-17(16)14-18/h2-7,14-15H,8-13H2,1H3,(H,20,22)/t15-/m0/s1. The van der Waals surface area contributed by atoms with Crippen LogP contribution < -0.4 is 10.1 Å². The summed E-state index contributed by atoms with van der Waals surface area (Å²) < 4.78 is 11.1. The molecule has 5 heteroatoms. The van der Waals surface area contributed by atoms with Crippen molar-refractivity contribution in [3.63, 3.8) is 0 Å². The Hall–Kier alpha value is -2.11. The summed E-state index contributed by atoms with van der Waals surface area (Å²) in [6.07, 6.45) is -0.518. The first kappa shape index (κ1) is 16.7. The van der Waals surface area contributed by atoms with Gasteiger partial charge in [0.25, 0.3) is 5.91 Å².